The van der Waals surface area contributed by atoms with Crippen molar-refractivity contribution in [3.8, 4) is 11.5 Å². The Balaban J connectivity index is 1.93. The van der Waals surface area contributed by atoms with Gasteiger partial charge in [0.05, 0.1) is 12.3 Å². The zero-order chi connectivity index (χ0) is 18.0. The monoisotopic (exact) mass is 374 g/mol. The largest absolute Gasteiger partial charge is 0.504 e. The average molecular weight is 375 g/mol. The summed E-state index contributed by atoms with van der Waals surface area (Å²) in [4.78, 5) is 14.1. The van der Waals surface area contributed by atoms with Crippen LogP contribution in [-0.2, 0) is 4.79 Å². The zero-order valence-corrected chi connectivity index (χ0v) is 14.9. The number of rotatable bonds is 4. The molecule has 2 aromatic carbocycles. The number of halogens is 1. The normalized spacial score (nSPS) is 15.6. The van der Waals surface area contributed by atoms with Crippen molar-refractivity contribution in [2.24, 2.45) is 0 Å². The molecule has 1 fully saturated rings. The lowest BCUT2D eigenvalue weighted by atomic mass is 10.1. The van der Waals surface area contributed by atoms with E-state index in [0.29, 0.717) is 28.6 Å². The molecule has 0 bridgehead atoms. The van der Waals surface area contributed by atoms with Crippen LogP contribution in [0, 0.1) is 0 Å². The minimum absolute atomic E-state index is 0.0256. The second-order valence-electron chi connectivity index (χ2n) is 5.23. The Hall–Kier alpha value is -2.57. The van der Waals surface area contributed by atoms with Gasteiger partial charge in [0.15, 0.2) is 16.6 Å². The molecule has 2 N–H and O–H groups in total. The summed E-state index contributed by atoms with van der Waals surface area (Å²) in [5, 5.41) is 14.0. The molecule has 3 rings (SSSR count). The van der Waals surface area contributed by atoms with Crippen molar-refractivity contribution >= 4 is 46.6 Å². The molecule has 0 spiro atoms. The molecule has 0 aromatic heterocycles. The molecule has 0 aliphatic carbocycles. The standard InChI is InChI=1S/C18H15ClN2O3S/c1-2-24-15-5-3-4-11(16(15)22)10-14-17(23)21(18(25)20-14)13-8-6-12(19)7-9-13/h3-10,22H,2H2,1H3,(H,20,25)/b14-10-. The number of amides is 1. The number of carbonyl (C=O) groups excluding carboxylic acids is 1. The predicted octanol–water partition coefficient (Wildman–Crippen LogP) is 3.71. The lowest BCUT2D eigenvalue weighted by Gasteiger charge is -2.13. The average Bonchev–Trinajstić information content (AvgIpc) is 2.86. The molecule has 1 amide bonds. The summed E-state index contributed by atoms with van der Waals surface area (Å²) in [5.41, 5.74) is 1.34. The second kappa shape index (κ2) is 7.13. The maximum Gasteiger partial charge on any atom is 0.281 e. The van der Waals surface area contributed by atoms with E-state index >= 15 is 0 Å². The lowest BCUT2D eigenvalue weighted by Crippen LogP contribution is -2.30. The molecule has 1 aliphatic heterocycles. The number of nitrogens with one attached hydrogen (secondary N) is 1. The van der Waals surface area contributed by atoms with Crippen molar-refractivity contribution in [3.05, 3.63) is 58.7 Å². The van der Waals surface area contributed by atoms with Crippen molar-refractivity contribution in [1.82, 2.24) is 5.32 Å². The molecule has 0 saturated carbocycles. The van der Waals surface area contributed by atoms with Gasteiger partial charge in [0.1, 0.15) is 5.70 Å². The van der Waals surface area contributed by atoms with Crippen LogP contribution < -0.4 is 15.0 Å². The van der Waals surface area contributed by atoms with Gasteiger partial charge in [-0.3, -0.25) is 9.69 Å². The fraction of sp³-hybridized carbons (Fsp3) is 0.111. The number of nitrogens with zero attached hydrogens (tertiary/aromatic N) is 1. The Kier molecular flexibility index (Phi) is 4.92. The summed E-state index contributed by atoms with van der Waals surface area (Å²) >= 11 is 11.1. The number of carbonyl (C=O) groups is 1. The molecule has 128 valence electrons. The van der Waals surface area contributed by atoms with E-state index in [1.165, 1.54) is 4.90 Å². The van der Waals surface area contributed by atoms with E-state index in [4.69, 9.17) is 28.6 Å². The molecule has 1 heterocycles. The first-order valence-corrected chi connectivity index (χ1v) is 8.37. The van der Waals surface area contributed by atoms with Crippen LogP contribution in [0.3, 0.4) is 0 Å². The third-order valence-electron chi connectivity index (χ3n) is 3.59. The predicted molar refractivity (Wildman–Crippen MR) is 102 cm³/mol. The Morgan fingerprint density at radius 2 is 2.00 bits per heavy atom. The second-order valence-corrected chi connectivity index (χ2v) is 6.06. The molecule has 1 aliphatic rings. The summed E-state index contributed by atoms with van der Waals surface area (Å²) in [6.07, 6.45) is 1.54. The van der Waals surface area contributed by atoms with Crippen molar-refractivity contribution in [1.29, 1.82) is 0 Å². The highest BCUT2D eigenvalue weighted by Gasteiger charge is 2.32. The Labute approximate surface area is 155 Å². The third kappa shape index (κ3) is 3.45. The molecular weight excluding hydrogens is 360 g/mol. The summed E-state index contributed by atoms with van der Waals surface area (Å²) in [6, 6.07) is 11.9. The van der Waals surface area contributed by atoms with Gasteiger partial charge in [-0.1, -0.05) is 23.7 Å². The topological polar surface area (TPSA) is 61.8 Å². The number of anilines is 1. The first-order valence-electron chi connectivity index (χ1n) is 7.58. The van der Waals surface area contributed by atoms with Gasteiger partial charge in [0.2, 0.25) is 0 Å². The van der Waals surface area contributed by atoms with E-state index < -0.39 is 0 Å². The first kappa shape index (κ1) is 17.3. The minimum Gasteiger partial charge on any atom is -0.504 e. The number of hydrogen-bond donors (Lipinski definition) is 2. The minimum atomic E-state index is -0.312. The maximum absolute atomic E-state index is 12.7. The molecule has 25 heavy (non-hydrogen) atoms. The molecule has 0 atom stereocenters. The van der Waals surface area contributed by atoms with Crippen molar-refractivity contribution in [3.63, 3.8) is 0 Å². The van der Waals surface area contributed by atoms with E-state index in [0.717, 1.165) is 0 Å². The fourth-order valence-corrected chi connectivity index (χ4v) is 2.87. The first-order chi connectivity index (χ1) is 12.0. The maximum atomic E-state index is 12.7. The molecular formula is C18H15ClN2O3S. The Morgan fingerprint density at radius 1 is 1.28 bits per heavy atom. The van der Waals surface area contributed by atoms with Crippen molar-refractivity contribution in [2.45, 2.75) is 6.92 Å². The molecule has 7 heteroatoms. The summed E-state index contributed by atoms with van der Waals surface area (Å²) in [7, 11) is 0. The summed E-state index contributed by atoms with van der Waals surface area (Å²) in [5.74, 6) is 0.0234. The van der Waals surface area contributed by atoms with Crippen LogP contribution in [0.5, 0.6) is 11.5 Å². The van der Waals surface area contributed by atoms with Crippen LogP contribution in [0.1, 0.15) is 12.5 Å². The molecule has 1 saturated heterocycles. The number of phenolic OH excluding ortho intramolecular Hbond substituents is 1. The number of ether oxygens (including phenoxy) is 1. The van der Waals surface area contributed by atoms with Gasteiger partial charge < -0.3 is 15.2 Å². The number of phenols is 1. The number of hydrogen-bond acceptors (Lipinski definition) is 4. The van der Waals surface area contributed by atoms with Crippen molar-refractivity contribution in [2.75, 3.05) is 11.5 Å². The van der Waals surface area contributed by atoms with E-state index in [1.807, 2.05) is 6.92 Å². The van der Waals surface area contributed by atoms with Gasteiger partial charge in [0, 0.05) is 10.6 Å². The van der Waals surface area contributed by atoms with Crippen LogP contribution >= 0.6 is 23.8 Å². The van der Waals surface area contributed by atoms with Crippen LogP contribution in [0.4, 0.5) is 5.69 Å². The number of benzene rings is 2. The van der Waals surface area contributed by atoms with Gasteiger partial charge in [-0.25, -0.2) is 0 Å². The van der Waals surface area contributed by atoms with E-state index in [9.17, 15) is 9.90 Å². The quantitative estimate of drug-likeness (QED) is 0.631. The van der Waals surface area contributed by atoms with E-state index in [-0.39, 0.29) is 22.5 Å². The van der Waals surface area contributed by atoms with Crippen LogP contribution in [0.25, 0.3) is 6.08 Å². The SMILES string of the molecule is CCOc1cccc(/C=C2\NC(=S)N(c3ccc(Cl)cc3)C2=O)c1O. The number of thiocarbonyl (C=S) groups is 1. The highest BCUT2D eigenvalue weighted by atomic mass is 35.5. The molecule has 5 nitrogen and oxygen atoms in total. The summed E-state index contributed by atoms with van der Waals surface area (Å²) in [6.45, 7) is 2.26. The van der Waals surface area contributed by atoms with Gasteiger partial charge >= 0.3 is 0 Å². The number of para-hydroxylation sites is 1. The fourth-order valence-electron chi connectivity index (χ4n) is 2.44. The van der Waals surface area contributed by atoms with Gasteiger partial charge in [-0.05, 0) is 55.5 Å². The van der Waals surface area contributed by atoms with Gasteiger partial charge in [-0.15, -0.1) is 0 Å². The van der Waals surface area contributed by atoms with Gasteiger partial charge in [0.25, 0.3) is 5.91 Å². The zero-order valence-electron chi connectivity index (χ0n) is 13.3. The van der Waals surface area contributed by atoms with E-state index in [2.05, 4.69) is 5.32 Å². The van der Waals surface area contributed by atoms with Crippen LogP contribution in [0.15, 0.2) is 48.2 Å². The van der Waals surface area contributed by atoms with Gasteiger partial charge in [-0.2, -0.15) is 0 Å². The number of aromatic hydroxyl groups is 1. The Bertz CT molecular complexity index is 865. The highest BCUT2D eigenvalue weighted by molar-refractivity contribution is 7.80. The molecule has 0 radical (unpaired) electrons. The van der Waals surface area contributed by atoms with Crippen molar-refractivity contribution < 1.29 is 14.6 Å². The Morgan fingerprint density at radius 3 is 2.68 bits per heavy atom. The lowest BCUT2D eigenvalue weighted by molar-refractivity contribution is -0.113. The van der Waals surface area contributed by atoms with Crippen LogP contribution in [-0.4, -0.2) is 22.7 Å². The van der Waals surface area contributed by atoms with E-state index in [1.54, 1.807) is 48.5 Å². The third-order valence-corrected chi connectivity index (χ3v) is 4.13. The smallest absolute Gasteiger partial charge is 0.281 e. The van der Waals surface area contributed by atoms with Crippen LogP contribution in [0.2, 0.25) is 5.02 Å². The highest BCUT2D eigenvalue weighted by Crippen LogP contribution is 2.32. The molecule has 0 unspecified atom stereocenters. The summed E-state index contributed by atoms with van der Waals surface area (Å²) < 4.78 is 5.36. The molecule has 2 aromatic rings.